The molecule has 1 aromatic heterocycles. The Morgan fingerprint density at radius 1 is 1.35 bits per heavy atom. The van der Waals surface area contributed by atoms with Crippen molar-refractivity contribution in [3.63, 3.8) is 0 Å². The monoisotopic (exact) mass is 366 g/mol. The van der Waals surface area contributed by atoms with Gasteiger partial charge in [0.25, 0.3) is 0 Å². The van der Waals surface area contributed by atoms with Crippen LogP contribution in [0.2, 0.25) is 0 Å². The number of rotatable bonds is 6. The van der Waals surface area contributed by atoms with E-state index in [-0.39, 0.29) is 34.7 Å². The Labute approximate surface area is 142 Å². The summed E-state index contributed by atoms with van der Waals surface area (Å²) < 4.78 is 32.8. The Morgan fingerprint density at radius 2 is 1.96 bits per heavy atom. The standard InChI is InChI=1S/C13H22N4O4S.ClH/c1-9-11(10(2)21-16-9)22(19,20)17-13(5-3-4-6-13)12(18)15-8-7-14;/h17H,3-8,14H2,1-2H3,(H,15,18);1H. The fourth-order valence-electron chi connectivity index (χ4n) is 2.88. The van der Waals surface area contributed by atoms with Gasteiger partial charge in [0.1, 0.15) is 16.1 Å². The number of hydrogen-bond donors (Lipinski definition) is 3. The molecule has 0 atom stereocenters. The number of sulfonamides is 1. The summed E-state index contributed by atoms with van der Waals surface area (Å²) in [6, 6.07) is 0. The normalized spacial score (nSPS) is 16.8. The second-order valence-corrected chi connectivity index (χ2v) is 7.21. The molecule has 1 aliphatic rings. The smallest absolute Gasteiger partial charge is 0.246 e. The van der Waals surface area contributed by atoms with Crippen LogP contribution in [0.3, 0.4) is 0 Å². The number of halogens is 1. The molecule has 132 valence electrons. The van der Waals surface area contributed by atoms with Crippen molar-refractivity contribution in [1.82, 2.24) is 15.2 Å². The number of carbonyl (C=O) groups is 1. The molecule has 0 aliphatic heterocycles. The number of aryl methyl sites for hydroxylation is 2. The molecule has 1 saturated carbocycles. The molecule has 1 heterocycles. The molecule has 1 aromatic rings. The Morgan fingerprint density at radius 3 is 2.43 bits per heavy atom. The average Bonchev–Trinajstić information content (AvgIpc) is 3.03. The highest BCUT2D eigenvalue weighted by Crippen LogP contribution is 2.32. The van der Waals surface area contributed by atoms with Gasteiger partial charge in [-0.2, -0.15) is 4.72 Å². The van der Waals surface area contributed by atoms with Crippen LogP contribution in [0.5, 0.6) is 0 Å². The van der Waals surface area contributed by atoms with E-state index in [1.807, 2.05) is 0 Å². The number of nitrogens with two attached hydrogens (primary N) is 1. The van der Waals surface area contributed by atoms with Crippen molar-refractivity contribution in [2.75, 3.05) is 13.1 Å². The van der Waals surface area contributed by atoms with Gasteiger partial charge < -0.3 is 15.6 Å². The Balaban J connectivity index is 0.00000264. The molecule has 2 rings (SSSR count). The zero-order valence-corrected chi connectivity index (χ0v) is 14.8. The third-order valence-corrected chi connectivity index (χ3v) is 5.67. The van der Waals surface area contributed by atoms with Crippen LogP contribution in [0, 0.1) is 13.8 Å². The van der Waals surface area contributed by atoms with Crippen molar-refractivity contribution >= 4 is 28.3 Å². The summed E-state index contributed by atoms with van der Waals surface area (Å²) in [5, 5.41) is 6.35. The summed E-state index contributed by atoms with van der Waals surface area (Å²) >= 11 is 0. The van der Waals surface area contributed by atoms with Crippen molar-refractivity contribution in [3.05, 3.63) is 11.5 Å². The van der Waals surface area contributed by atoms with Gasteiger partial charge in [-0.1, -0.05) is 18.0 Å². The highest BCUT2D eigenvalue weighted by atomic mass is 35.5. The van der Waals surface area contributed by atoms with E-state index in [0.717, 1.165) is 12.8 Å². The van der Waals surface area contributed by atoms with Crippen LogP contribution in [-0.2, 0) is 14.8 Å². The van der Waals surface area contributed by atoms with E-state index in [2.05, 4.69) is 15.2 Å². The molecule has 8 nitrogen and oxygen atoms in total. The number of carbonyl (C=O) groups excluding carboxylic acids is 1. The molecule has 1 fully saturated rings. The van der Waals surface area contributed by atoms with E-state index in [1.165, 1.54) is 6.92 Å². The first-order chi connectivity index (χ1) is 10.3. The minimum Gasteiger partial charge on any atom is -0.360 e. The van der Waals surface area contributed by atoms with Gasteiger partial charge in [0.2, 0.25) is 15.9 Å². The van der Waals surface area contributed by atoms with E-state index in [1.54, 1.807) is 6.92 Å². The maximum Gasteiger partial charge on any atom is 0.246 e. The highest BCUT2D eigenvalue weighted by Gasteiger charge is 2.45. The van der Waals surface area contributed by atoms with Crippen LogP contribution in [-0.4, -0.2) is 38.1 Å². The minimum absolute atomic E-state index is 0. The zero-order chi connectivity index (χ0) is 16.4. The quantitative estimate of drug-likeness (QED) is 0.667. The molecule has 1 aliphatic carbocycles. The van der Waals surface area contributed by atoms with E-state index in [9.17, 15) is 13.2 Å². The summed E-state index contributed by atoms with van der Waals surface area (Å²) in [6.07, 6.45) is 2.51. The lowest BCUT2D eigenvalue weighted by atomic mass is 9.98. The van der Waals surface area contributed by atoms with Crippen molar-refractivity contribution in [2.45, 2.75) is 50.0 Å². The van der Waals surface area contributed by atoms with Crippen LogP contribution in [0.25, 0.3) is 0 Å². The molecule has 0 unspecified atom stereocenters. The predicted molar refractivity (Wildman–Crippen MR) is 86.8 cm³/mol. The Hall–Kier alpha value is -1.16. The molecular weight excluding hydrogens is 344 g/mol. The first kappa shape index (κ1) is 19.9. The Bertz CT molecular complexity index is 633. The summed E-state index contributed by atoms with van der Waals surface area (Å²) in [6.45, 7) is 3.71. The number of hydrogen-bond acceptors (Lipinski definition) is 6. The fraction of sp³-hybridized carbons (Fsp3) is 0.692. The third kappa shape index (κ3) is 4.03. The molecule has 0 aromatic carbocycles. The van der Waals surface area contributed by atoms with Gasteiger partial charge in [0.15, 0.2) is 5.76 Å². The Kier molecular flexibility index (Phi) is 6.58. The molecule has 0 spiro atoms. The van der Waals surface area contributed by atoms with Crippen molar-refractivity contribution < 1.29 is 17.7 Å². The van der Waals surface area contributed by atoms with Gasteiger partial charge in [0.05, 0.1) is 0 Å². The maximum atomic E-state index is 12.7. The van der Waals surface area contributed by atoms with Crippen LogP contribution >= 0.6 is 12.4 Å². The van der Waals surface area contributed by atoms with E-state index < -0.39 is 15.6 Å². The SMILES string of the molecule is Cc1noc(C)c1S(=O)(=O)NC1(C(=O)NCCN)CCCC1.Cl. The number of nitrogens with one attached hydrogen (secondary N) is 2. The van der Waals surface area contributed by atoms with Crippen LogP contribution in [0.1, 0.15) is 37.1 Å². The van der Waals surface area contributed by atoms with Crippen molar-refractivity contribution in [2.24, 2.45) is 5.73 Å². The van der Waals surface area contributed by atoms with Gasteiger partial charge in [-0.3, -0.25) is 4.79 Å². The largest absolute Gasteiger partial charge is 0.360 e. The van der Waals surface area contributed by atoms with Gasteiger partial charge in [0, 0.05) is 13.1 Å². The van der Waals surface area contributed by atoms with Crippen LogP contribution < -0.4 is 15.8 Å². The maximum absolute atomic E-state index is 12.7. The third-order valence-electron chi connectivity index (χ3n) is 3.89. The summed E-state index contributed by atoms with van der Waals surface area (Å²) in [4.78, 5) is 12.4. The number of nitrogens with zero attached hydrogens (tertiary/aromatic N) is 1. The summed E-state index contributed by atoms with van der Waals surface area (Å²) in [5.41, 5.74) is 4.55. The van der Waals surface area contributed by atoms with Crippen molar-refractivity contribution in [1.29, 1.82) is 0 Å². The molecule has 1 amide bonds. The molecule has 4 N–H and O–H groups in total. The zero-order valence-electron chi connectivity index (χ0n) is 13.2. The lowest BCUT2D eigenvalue weighted by Gasteiger charge is -2.28. The lowest BCUT2D eigenvalue weighted by Crippen LogP contribution is -2.57. The summed E-state index contributed by atoms with van der Waals surface area (Å²) in [5.74, 6) is -0.119. The van der Waals surface area contributed by atoms with E-state index >= 15 is 0 Å². The second-order valence-electron chi connectivity index (χ2n) is 5.59. The average molecular weight is 367 g/mol. The molecular formula is C13H23ClN4O4S. The molecule has 0 radical (unpaired) electrons. The molecule has 0 saturated heterocycles. The lowest BCUT2D eigenvalue weighted by molar-refractivity contribution is -0.126. The van der Waals surface area contributed by atoms with Crippen LogP contribution in [0.15, 0.2) is 9.42 Å². The first-order valence-corrected chi connectivity index (χ1v) is 8.76. The van der Waals surface area contributed by atoms with Gasteiger partial charge in [-0.15, -0.1) is 12.4 Å². The molecule has 23 heavy (non-hydrogen) atoms. The minimum atomic E-state index is -3.89. The van der Waals surface area contributed by atoms with Gasteiger partial charge in [-0.25, -0.2) is 8.42 Å². The van der Waals surface area contributed by atoms with E-state index in [0.29, 0.717) is 25.9 Å². The predicted octanol–water partition coefficient (Wildman–Crippen LogP) is 0.379. The number of amides is 1. The molecule has 10 heteroatoms. The number of aromatic nitrogens is 1. The highest BCUT2D eigenvalue weighted by molar-refractivity contribution is 7.89. The first-order valence-electron chi connectivity index (χ1n) is 7.27. The molecule has 0 bridgehead atoms. The summed E-state index contributed by atoms with van der Waals surface area (Å²) in [7, 11) is -3.89. The second kappa shape index (κ2) is 7.61. The topological polar surface area (TPSA) is 127 Å². The van der Waals surface area contributed by atoms with Gasteiger partial charge in [-0.05, 0) is 26.7 Å². The van der Waals surface area contributed by atoms with E-state index in [4.69, 9.17) is 10.3 Å². The van der Waals surface area contributed by atoms with Gasteiger partial charge >= 0.3 is 0 Å². The van der Waals surface area contributed by atoms with Crippen LogP contribution in [0.4, 0.5) is 0 Å². The fourth-order valence-corrected chi connectivity index (χ4v) is 4.63. The van der Waals surface area contributed by atoms with Crippen molar-refractivity contribution in [3.8, 4) is 0 Å².